The molecule has 0 aliphatic rings. The van der Waals surface area contributed by atoms with Crippen molar-refractivity contribution in [1.29, 1.82) is 0 Å². The summed E-state index contributed by atoms with van der Waals surface area (Å²) in [6.07, 6.45) is 1.66. The Balaban J connectivity index is 0.846. The summed E-state index contributed by atoms with van der Waals surface area (Å²) < 4.78 is 15.7. The minimum absolute atomic E-state index is 0.641. The summed E-state index contributed by atoms with van der Waals surface area (Å²) >= 11 is 0. The van der Waals surface area contributed by atoms with Gasteiger partial charge in [0.25, 0.3) is 0 Å². The average Bonchev–Trinajstić information content (AvgIpc) is 4.11. The van der Waals surface area contributed by atoms with Crippen LogP contribution in [0.4, 0.5) is 0 Å². The highest BCUT2D eigenvalue weighted by Crippen LogP contribution is 2.44. The first-order chi connectivity index (χ1) is 34.2. The highest BCUT2D eigenvalue weighted by atomic mass is 16.3. The van der Waals surface area contributed by atoms with Gasteiger partial charge in [0.2, 0.25) is 0 Å². The maximum Gasteiger partial charge on any atom is 0.180 e. The van der Waals surface area contributed by atoms with E-state index in [1.165, 1.54) is 38.5 Å². The maximum atomic E-state index is 6.77. The van der Waals surface area contributed by atoms with E-state index in [-0.39, 0.29) is 0 Å². The highest BCUT2D eigenvalue weighted by molar-refractivity contribution is 6.18. The van der Waals surface area contributed by atoms with Crippen LogP contribution in [-0.4, -0.2) is 14.5 Å². The van der Waals surface area contributed by atoms with Crippen LogP contribution in [0.3, 0.4) is 0 Å². The summed E-state index contributed by atoms with van der Waals surface area (Å²) in [7, 11) is 0. The molecule has 10 aromatic carbocycles. The summed E-state index contributed by atoms with van der Waals surface area (Å²) in [6.45, 7) is 0. The molecule has 0 amide bonds. The Bertz CT molecular complexity index is 4300. The Morgan fingerprint density at radius 3 is 1.64 bits per heavy atom. The van der Waals surface area contributed by atoms with Gasteiger partial charge in [0, 0.05) is 32.8 Å². The van der Waals surface area contributed by atoms with Crippen LogP contribution in [0.15, 0.2) is 246 Å². The van der Waals surface area contributed by atoms with Gasteiger partial charge in [-0.3, -0.25) is 0 Å². The van der Waals surface area contributed by atoms with Gasteiger partial charge in [-0.05, 0) is 122 Å². The third kappa shape index (κ3) is 6.40. The lowest BCUT2D eigenvalue weighted by atomic mass is 9.95. The molecular formula is C64H39N3O2. The normalized spacial score (nSPS) is 11.8. The molecule has 0 N–H and O–H groups in total. The van der Waals surface area contributed by atoms with Crippen LogP contribution in [0.5, 0.6) is 0 Å². The van der Waals surface area contributed by atoms with E-state index in [4.69, 9.17) is 18.8 Å². The number of nitrogens with zero attached hydrogens (tertiary/aromatic N) is 3. The van der Waals surface area contributed by atoms with E-state index >= 15 is 0 Å². The minimum Gasteiger partial charge on any atom is -0.456 e. The van der Waals surface area contributed by atoms with Gasteiger partial charge in [0.1, 0.15) is 34.3 Å². The third-order valence-electron chi connectivity index (χ3n) is 13.7. The lowest BCUT2D eigenvalue weighted by Gasteiger charge is -2.09. The minimum atomic E-state index is 0.641. The first-order valence-corrected chi connectivity index (χ1v) is 23.3. The first kappa shape index (κ1) is 38.9. The van der Waals surface area contributed by atoms with Gasteiger partial charge in [-0.15, -0.1) is 0 Å². The van der Waals surface area contributed by atoms with Crippen molar-refractivity contribution in [2.75, 3.05) is 0 Å². The number of para-hydroxylation sites is 2. The number of aromatic nitrogens is 3. The molecule has 4 heterocycles. The predicted molar refractivity (Wildman–Crippen MR) is 284 cm³/mol. The molecule has 0 unspecified atom stereocenters. The van der Waals surface area contributed by atoms with Gasteiger partial charge in [-0.25, -0.2) is 9.97 Å². The van der Waals surface area contributed by atoms with Crippen LogP contribution in [-0.2, 0) is 0 Å². The van der Waals surface area contributed by atoms with E-state index in [1.54, 1.807) is 6.33 Å². The maximum absolute atomic E-state index is 6.77. The van der Waals surface area contributed by atoms with Crippen molar-refractivity contribution >= 4 is 65.8 Å². The lowest BCUT2D eigenvalue weighted by molar-refractivity contribution is 0.667. The van der Waals surface area contributed by atoms with Crippen molar-refractivity contribution in [2.45, 2.75) is 0 Å². The fraction of sp³-hybridized carbons (Fsp3) is 0. The van der Waals surface area contributed by atoms with Gasteiger partial charge in [0.15, 0.2) is 5.58 Å². The molecule has 0 saturated carbocycles. The van der Waals surface area contributed by atoms with Crippen molar-refractivity contribution < 1.29 is 8.83 Å². The van der Waals surface area contributed by atoms with Crippen LogP contribution in [0.2, 0.25) is 0 Å². The van der Waals surface area contributed by atoms with Crippen molar-refractivity contribution in [2.24, 2.45) is 0 Å². The van der Waals surface area contributed by atoms with E-state index in [2.05, 4.69) is 211 Å². The molecule has 0 saturated heterocycles. The van der Waals surface area contributed by atoms with Gasteiger partial charge in [-0.1, -0.05) is 164 Å². The number of rotatable bonds is 7. The molecular weight excluding hydrogens is 843 g/mol. The van der Waals surface area contributed by atoms with Crippen LogP contribution in [0.25, 0.3) is 138 Å². The van der Waals surface area contributed by atoms with E-state index in [9.17, 15) is 0 Å². The zero-order chi connectivity index (χ0) is 45.4. The number of furan rings is 2. The van der Waals surface area contributed by atoms with Crippen LogP contribution in [0, 0.1) is 0 Å². The molecule has 0 bridgehead atoms. The van der Waals surface area contributed by atoms with Crippen LogP contribution in [0.1, 0.15) is 0 Å². The van der Waals surface area contributed by atoms with E-state index < -0.39 is 0 Å². The molecule has 4 aromatic heterocycles. The molecule has 0 aliphatic carbocycles. The molecule has 5 heteroatoms. The van der Waals surface area contributed by atoms with Crippen molar-refractivity contribution in [3.63, 3.8) is 0 Å². The number of fused-ring (bicyclic) bond motifs is 9. The van der Waals surface area contributed by atoms with E-state index in [0.717, 1.165) is 94.3 Å². The number of benzene rings is 10. The van der Waals surface area contributed by atoms with Crippen molar-refractivity contribution in [3.05, 3.63) is 237 Å². The smallest absolute Gasteiger partial charge is 0.180 e. The third-order valence-corrected chi connectivity index (χ3v) is 13.7. The van der Waals surface area contributed by atoms with Crippen LogP contribution < -0.4 is 0 Å². The molecule has 5 nitrogen and oxygen atoms in total. The SMILES string of the molecule is c1ccc(-c2ccc(-c3cccc(-c4cccc5oc6c(-c7cccc8oc9ccc(-c%10cccc(-c%11ccc%12c(c%11)c%11ccccc%11n%12-c%11ccccc%11)c%10)cc9c78)ncnc6c45)c3)cc2)cc1. The van der Waals surface area contributed by atoms with Crippen molar-refractivity contribution in [3.8, 4) is 72.6 Å². The van der Waals surface area contributed by atoms with E-state index in [0.29, 0.717) is 5.58 Å². The fourth-order valence-electron chi connectivity index (χ4n) is 10.5. The Morgan fingerprint density at radius 2 is 0.855 bits per heavy atom. The second-order valence-corrected chi connectivity index (χ2v) is 17.7. The second-order valence-electron chi connectivity index (χ2n) is 17.7. The summed E-state index contributed by atoms with van der Waals surface area (Å²) in [5.74, 6) is 0. The standard InChI is InChI=1S/C64H39N3O2/c1-3-13-40(14-4-1)41-27-29-42(30-28-41)43-15-10-18-48(36-43)50-22-11-26-59-61(50)63-64(69-59)62(65-39-66-63)52-23-12-25-58-60(52)54-38-47(32-34-57(54)68-58)45-17-9-16-44(35-45)46-31-33-56-53(37-46)51-21-7-8-24-55(51)67(56)49-19-5-2-6-20-49/h1-39H. The van der Waals surface area contributed by atoms with Gasteiger partial charge < -0.3 is 13.4 Å². The fourth-order valence-corrected chi connectivity index (χ4v) is 10.5. The zero-order valence-electron chi connectivity index (χ0n) is 37.2. The van der Waals surface area contributed by atoms with Gasteiger partial charge >= 0.3 is 0 Å². The lowest BCUT2D eigenvalue weighted by Crippen LogP contribution is -1.92. The van der Waals surface area contributed by atoms with Crippen molar-refractivity contribution in [1.82, 2.24) is 14.5 Å². The Kier molecular flexibility index (Phi) is 8.83. The summed E-state index contributed by atoms with van der Waals surface area (Å²) in [4.78, 5) is 9.83. The molecule has 0 radical (unpaired) electrons. The monoisotopic (exact) mass is 881 g/mol. The first-order valence-electron chi connectivity index (χ1n) is 23.3. The van der Waals surface area contributed by atoms with E-state index in [1.807, 2.05) is 24.3 Å². The molecule has 0 aliphatic heterocycles. The summed E-state index contributed by atoms with van der Waals surface area (Å²) in [5, 5.41) is 5.41. The molecule has 14 rings (SSSR count). The van der Waals surface area contributed by atoms with Crippen LogP contribution >= 0.6 is 0 Å². The second kappa shape index (κ2) is 15.7. The summed E-state index contributed by atoms with van der Waals surface area (Å²) in [5.41, 5.74) is 20.3. The highest BCUT2D eigenvalue weighted by Gasteiger charge is 2.22. The largest absolute Gasteiger partial charge is 0.456 e. The Morgan fingerprint density at radius 1 is 0.319 bits per heavy atom. The Hall–Kier alpha value is -9.32. The average molecular weight is 882 g/mol. The molecule has 14 aromatic rings. The Labute approximate surface area is 396 Å². The molecule has 0 atom stereocenters. The number of hydrogen-bond acceptors (Lipinski definition) is 4. The zero-order valence-corrected chi connectivity index (χ0v) is 37.2. The van der Waals surface area contributed by atoms with Gasteiger partial charge in [0.05, 0.1) is 16.4 Å². The summed E-state index contributed by atoms with van der Waals surface area (Å²) in [6, 6.07) is 81.8. The predicted octanol–water partition coefficient (Wildman–Crippen LogP) is 17.4. The molecule has 0 spiro atoms. The van der Waals surface area contributed by atoms with Gasteiger partial charge in [-0.2, -0.15) is 0 Å². The topological polar surface area (TPSA) is 57.0 Å². The molecule has 0 fully saturated rings. The molecule has 69 heavy (non-hydrogen) atoms. The quantitative estimate of drug-likeness (QED) is 0.160. The number of hydrogen-bond donors (Lipinski definition) is 0. The molecule has 322 valence electrons.